The monoisotopic (exact) mass is 549 g/mol. The molecule has 6 aliphatic heterocycles. The molecule has 12 heteroatoms. The highest BCUT2D eigenvalue weighted by Gasteiger charge is 2.33. The van der Waals surface area contributed by atoms with Gasteiger partial charge in [-0.15, -0.1) is 0 Å². The summed E-state index contributed by atoms with van der Waals surface area (Å²) in [7, 11) is 0. The molecule has 0 aliphatic carbocycles. The summed E-state index contributed by atoms with van der Waals surface area (Å²) in [6.45, 7) is 12.2. The Kier molecular flexibility index (Phi) is 6.46. The minimum absolute atomic E-state index is 0.344. The molecular formula is C28H36FN9O2. The van der Waals surface area contributed by atoms with Gasteiger partial charge in [0.1, 0.15) is 5.82 Å². The standard InChI is InChI=1S/C14H17FN4O.C14H19N5O/c2*1-9-11(15)8-12-13(16-9)17-14(20-12)19-7-6-18-4-2-10(19)3-5-18/h8,10H,2-7H2,1H3;8,10H,2-7,15H2,1H3. The van der Waals surface area contributed by atoms with Crippen molar-refractivity contribution in [2.24, 2.45) is 0 Å². The maximum absolute atomic E-state index is 13.5. The van der Waals surface area contributed by atoms with Crippen molar-refractivity contribution >= 4 is 40.2 Å². The van der Waals surface area contributed by atoms with Gasteiger partial charge in [0.2, 0.25) is 11.3 Å². The van der Waals surface area contributed by atoms with Gasteiger partial charge in [-0.25, -0.2) is 14.4 Å². The second-order valence-corrected chi connectivity index (χ2v) is 11.4. The molecule has 6 saturated heterocycles. The van der Waals surface area contributed by atoms with Gasteiger partial charge < -0.3 is 34.2 Å². The number of fused-ring (bicyclic) bond motifs is 10. The third kappa shape index (κ3) is 4.72. The quantitative estimate of drug-likeness (QED) is 0.397. The summed E-state index contributed by atoms with van der Waals surface area (Å²) in [5, 5.41) is 0. The molecule has 4 bridgehead atoms. The van der Waals surface area contributed by atoms with Crippen molar-refractivity contribution in [3.8, 4) is 0 Å². The first-order chi connectivity index (χ1) is 19.4. The van der Waals surface area contributed by atoms with Crippen LogP contribution in [0.1, 0.15) is 37.1 Å². The van der Waals surface area contributed by atoms with E-state index >= 15 is 0 Å². The molecule has 6 aliphatic rings. The molecule has 0 aromatic carbocycles. The number of nitrogen functional groups attached to an aromatic ring is 1. The molecule has 0 spiro atoms. The first-order valence-electron chi connectivity index (χ1n) is 14.4. The molecule has 212 valence electrons. The van der Waals surface area contributed by atoms with Crippen molar-refractivity contribution in [3.63, 3.8) is 0 Å². The molecule has 2 N–H and O–H groups in total. The van der Waals surface area contributed by atoms with Gasteiger partial charge in [0.25, 0.3) is 12.0 Å². The lowest BCUT2D eigenvalue weighted by atomic mass is 10.1. The van der Waals surface area contributed by atoms with E-state index in [2.05, 4.69) is 39.5 Å². The van der Waals surface area contributed by atoms with Gasteiger partial charge in [0.05, 0.1) is 17.1 Å². The minimum atomic E-state index is -0.344. The van der Waals surface area contributed by atoms with E-state index in [1.807, 2.05) is 13.0 Å². The molecule has 4 aromatic heterocycles. The van der Waals surface area contributed by atoms with E-state index in [1.54, 1.807) is 6.92 Å². The van der Waals surface area contributed by atoms with E-state index < -0.39 is 0 Å². The predicted molar refractivity (Wildman–Crippen MR) is 151 cm³/mol. The van der Waals surface area contributed by atoms with E-state index in [4.69, 9.17) is 14.6 Å². The number of aryl methyl sites for hydroxylation is 2. The fraction of sp³-hybridized carbons (Fsp3) is 0.571. The lowest BCUT2D eigenvalue weighted by molar-refractivity contribution is 0.249. The summed E-state index contributed by atoms with van der Waals surface area (Å²) in [6, 6.07) is 5.52. The average molecular weight is 550 g/mol. The summed E-state index contributed by atoms with van der Waals surface area (Å²) < 4.78 is 25.2. The molecule has 10 heterocycles. The van der Waals surface area contributed by atoms with Crippen LogP contribution >= 0.6 is 0 Å². The topological polar surface area (TPSA) is 117 Å². The van der Waals surface area contributed by atoms with Gasteiger partial charge >= 0.3 is 0 Å². The van der Waals surface area contributed by atoms with E-state index in [-0.39, 0.29) is 5.82 Å². The lowest BCUT2D eigenvalue weighted by Gasteiger charge is -2.30. The summed E-state index contributed by atoms with van der Waals surface area (Å²) in [5.41, 5.74) is 9.98. The number of nitrogens with two attached hydrogens (primary N) is 1. The number of halogens is 1. The van der Waals surface area contributed by atoms with Crippen molar-refractivity contribution in [3.05, 3.63) is 29.3 Å². The van der Waals surface area contributed by atoms with E-state index in [1.165, 1.54) is 32.0 Å². The first-order valence-corrected chi connectivity index (χ1v) is 14.4. The molecule has 0 amide bonds. The number of pyridine rings is 2. The van der Waals surface area contributed by atoms with Crippen LogP contribution in [0.25, 0.3) is 22.5 Å². The molecule has 6 fully saturated rings. The summed E-state index contributed by atoms with van der Waals surface area (Å²) in [6.07, 6.45) is 4.65. The van der Waals surface area contributed by atoms with Crippen LogP contribution in [-0.4, -0.2) is 94.2 Å². The predicted octanol–water partition coefficient (Wildman–Crippen LogP) is 3.35. The molecular weight excluding hydrogens is 513 g/mol. The van der Waals surface area contributed by atoms with Crippen LogP contribution in [0.4, 0.5) is 22.1 Å². The van der Waals surface area contributed by atoms with Crippen molar-refractivity contribution in [2.75, 3.05) is 67.9 Å². The summed E-state index contributed by atoms with van der Waals surface area (Å²) in [5.74, 6) is -0.344. The summed E-state index contributed by atoms with van der Waals surface area (Å²) >= 11 is 0. The lowest BCUT2D eigenvalue weighted by Crippen LogP contribution is -2.38. The fourth-order valence-corrected chi connectivity index (χ4v) is 6.40. The zero-order valence-electron chi connectivity index (χ0n) is 23.1. The second kappa shape index (κ2) is 10.2. The van der Waals surface area contributed by atoms with Crippen LogP contribution in [0, 0.1) is 19.7 Å². The normalized spacial score (nSPS) is 26.2. The van der Waals surface area contributed by atoms with Crippen LogP contribution < -0.4 is 15.5 Å². The van der Waals surface area contributed by atoms with Gasteiger partial charge in [-0.1, -0.05) is 0 Å². The molecule has 40 heavy (non-hydrogen) atoms. The largest absolute Gasteiger partial charge is 0.422 e. The minimum Gasteiger partial charge on any atom is -0.422 e. The Morgan fingerprint density at radius 3 is 1.68 bits per heavy atom. The highest BCUT2D eigenvalue weighted by molar-refractivity contribution is 5.75. The summed E-state index contributed by atoms with van der Waals surface area (Å²) in [4.78, 5) is 27.1. The van der Waals surface area contributed by atoms with Crippen LogP contribution in [-0.2, 0) is 0 Å². The maximum atomic E-state index is 13.5. The molecule has 0 saturated carbocycles. The SMILES string of the molecule is Cc1nc2nc(N3CCN4CCC3CC4)oc2cc1F.Cc1nc2nc(N3CCN4CCC3CC4)oc2cc1N. The molecule has 4 aromatic rings. The zero-order valence-corrected chi connectivity index (χ0v) is 23.1. The molecule has 0 atom stereocenters. The molecule has 0 radical (unpaired) electrons. The highest BCUT2D eigenvalue weighted by Crippen LogP contribution is 2.30. The van der Waals surface area contributed by atoms with Crippen molar-refractivity contribution < 1.29 is 13.2 Å². The Balaban J connectivity index is 0.000000132. The number of hydrogen-bond acceptors (Lipinski definition) is 11. The van der Waals surface area contributed by atoms with Crippen molar-refractivity contribution in [2.45, 2.75) is 51.6 Å². The smallest absolute Gasteiger partial charge is 0.300 e. The first kappa shape index (κ1) is 25.5. The Morgan fingerprint density at radius 1 is 0.675 bits per heavy atom. The van der Waals surface area contributed by atoms with Crippen molar-refractivity contribution in [1.29, 1.82) is 0 Å². The Labute approximate surface area is 232 Å². The van der Waals surface area contributed by atoms with Gasteiger partial charge in [-0.2, -0.15) is 9.97 Å². The third-order valence-electron chi connectivity index (χ3n) is 8.90. The Hall–Kier alpha value is -3.51. The number of aromatic nitrogens is 4. The van der Waals surface area contributed by atoms with E-state index in [9.17, 15) is 4.39 Å². The van der Waals surface area contributed by atoms with Crippen LogP contribution in [0.5, 0.6) is 0 Å². The third-order valence-corrected chi connectivity index (χ3v) is 8.90. The molecule has 11 nitrogen and oxygen atoms in total. The van der Waals surface area contributed by atoms with E-state index in [0.29, 0.717) is 58.0 Å². The number of oxazole rings is 2. The van der Waals surface area contributed by atoms with Crippen LogP contribution in [0.15, 0.2) is 21.0 Å². The molecule has 10 rings (SSSR count). The average Bonchev–Trinajstić information content (AvgIpc) is 3.22. The second-order valence-electron chi connectivity index (χ2n) is 11.4. The van der Waals surface area contributed by atoms with E-state index in [0.717, 1.165) is 57.8 Å². The Bertz CT molecular complexity index is 1330. The zero-order chi connectivity index (χ0) is 27.4. The number of piperidine rings is 2. The number of rotatable bonds is 2. The van der Waals surface area contributed by atoms with Gasteiger partial charge in [0, 0.05) is 76.6 Å². The van der Waals surface area contributed by atoms with Gasteiger partial charge in [0.15, 0.2) is 11.2 Å². The highest BCUT2D eigenvalue weighted by atomic mass is 19.1. The van der Waals surface area contributed by atoms with Gasteiger partial charge in [-0.05, 0) is 39.5 Å². The van der Waals surface area contributed by atoms with Crippen LogP contribution in [0.3, 0.4) is 0 Å². The number of hydrogen-bond donors (Lipinski definition) is 1. The fourth-order valence-electron chi connectivity index (χ4n) is 6.40. The Morgan fingerprint density at radius 2 is 1.15 bits per heavy atom. The maximum Gasteiger partial charge on any atom is 0.300 e. The molecule has 0 unspecified atom stereocenters. The van der Waals surface area contributed by atoms with Crippen molar-refractivity contribution in [1.82, 2.24) is 29.7 Å². The number of anilines is 3. The van der Waals surface area contributed by atoms with Crippen LogP contribution in [0.2, 0.25) is 0 Å². The number of nitrogens with zero attached hydrogens (tertiary/aromatic N) is 8. The van der Waals surface area contributed by atoms with Gasteiger partial charge in [-0.3, -0.25) is 0 Å².